The molecule has 1 atom stereocenters. The molecule has 1 aliphatic carbocycles. The Bertz CT molecular complexity index is 988. The molecule has 1 unspecified atom stereocenters. The summed E-state index contributed by atoms with van der Waals surface area (Å²) in [6.45, 7) is 4.02. The van der Waals surface area contributed by atoms with E-state index < -0.39 is 11.9 Å². The Morgan fingerprint density at radius 2 is 2.03 bits per heavy atom. The van der Waals surface area contributed by atoms with Crippen molar-refractivity contribution in [1.29, 1.82) is 0 Å². The van der Waals surface area contributed by atoms with Gasteiger partial charge in [-0.25, -0.2) is 4.99 Å². The van der Waals surface area contributed by atoms with Gasteiger partial charge in [0.25, 0.3) is 0 Å². The highest BCUT2D eigenvalue weighted by Crippen LogP contribution is 2.31. The van der Waals surface area contributed by atoms with Crippen LogP contribution in [0.4, 0.5) is 5.69 Å². The SMILES string of the molecule is CCCCC(C(N)=O)N(CC1CCCCC1)C(=O)CCCOc1ccc2c(c1)CN1CC(=O)NC1=N2. The van der Waals surface area contributed by atoms with Crippen LogP contribution in [0, 0.1) is 5.92 Å². The molecule has 0 spiro atoms. The summed E-state index contributed by atoms with van der Waals surface area (Å²) in [7, 11) is 0. The van der Waals surface area contributed by atoms with Crippen molar-refractivity contribution in [1.82, 2.24) is 15.1 Å². The maximum Gasteiger partial charge on any atom is 0.246 e. The molecule has 2 heterocycles. The molecule has 4 rings (SSSR count). The van der Waals surface area contributed by atoms with Gasteiger partial charge >= 0.3 is 0 Å². The molecule has 3 N–H and O–H groups in total. The molecule has 1 aromatic rings. The minimum absolute atomic E-state index is 0.0115. The van der Waals surface area contributed by atoms with Crippen molar-refractivity contribution in [2.45, 2.75) is 83.7 Å². The van der Waals surface area contributed by atoms with Crippen molar-refractivity contribution in [3.8, 4) is 5.75 Å². The fourth-order valence-corrected chi connectivity index (χ4v) is 5.38. The van der Waals surface area contributed by atoms with Crippen LogP contribution in [-0.4, -0.2) is 59.2 Å². The van der Waals surface area contributed by atoms with Crippen LogP contribution in [0.3, 0.4) is 0 Å². The first kappa shape index (κ1) is 26.0. The maximum atomic E-state index is 13.3. The molecule has 36 heavy (non-hydrogen) atoms. The third-order valence-corrected chi connectivity index (χ3v) is 7.36. The van der Waals surface area contributed by atoms with Gasteiger partial charge in [0.2, 0.25) is 23.7 Å². The number of carbonyl (C=O) groups is 3. The Balaban J connectivity index is 1.31. The van der Waals surface area contributed by atoms with Crippen molar-refractivity contribution >= 4 is 29.4 Å². The summed E-state index contributed by atoms with van der Waals surface area (Å²) in [4.78, 5) is 45.4. The number of benzene rings is 1. The third kappa shape index (κ3) is 6.56. The summed E-state index contributed by atoms with van der Waals surface area (Å²) in [5, 5.41) is 2.77. The number of hydrogen-bond acceptors (Lipinski definition) is 6. The normalized spacial score (nSPS) is 18.1. The Hall–Kier alpha value is -3.10. The molecular formula is C27H39N5O4. The zero-order valence-corrected chi connectivity index (χ0v) is 21.3. The number of carbonyl (C=O) groups excluding carboxylic acids is 3. The van der Waals surface area contributed by atoms with E-state index in [1.54, 1.807) is 4.90 Å². The predicted octanol–water partition coefficient (Wildman–Crippen LogP) is 3.23. The monoisotopic (exact) mass is 497 g/mol. The fourth-order valence-electron chi connectivity index (χ4n) is 5.38. The van der Waals surface area contributed by atoms with Gasteiger partial charge in [0.1, 0.15) is 18.3 Å². The highest BCUT2D eigenvalue weighted by Gasteiger charge is 2.31. The smallest absolute Gasteiger partial charge is 0.246 e. The lowest BCUT2D eigenvalue weighted by Crippen LogP contribution is -2.50. The summed E-state index contributed by atoms with van der Waals surface area (Å²) in [6, 6.07) is 5.17. The lowest BCUT2D eigenvalue weighted by atomic mass is 9.88. The number of guanidine groups is 1. The van der Waals surface area contributed by atoms with Crippen molar-refractivity contribution < 1.29 is 19.1 Å². The van der Waals surface area contributed by atoms with Crippen LogP contribution in [0.1, 0.15) is 76.7 Å². The second-order valence-corrected chi connectivity index (χ2v) is 10.2. The van der Waals surface area contributed by atoms with Gasteiger partial charge in [-0.1, -0.05) is 39.0 Å². The molecule has 2 aliphatic heterocycles. The second kappa shape index (κ2) is 12.2. The number of aliphatic imine (C=N–C) groups is 1. The number of nitrogens with two attached hydrogens (primary N) is 1. The molecule has 9 nitrogen and oxygen atoms in total. The largest absolute Gasteiger partial charge is 0.494 e. The van der Waals surface area contributed by atoms with Crippen molar-refractivity contribution in [2.24, 2.45) is 16.6 Å². The highest BCUT2D eigenvalue weighted by molar-refractivity contribution is 6.05. The van der Waals surface area contributed by atoms with E-state index in [4.69, 9.17) is 10.5 Å². The summed E-state index contributed by atoms with van der Waals surface area (Å²) in [5.41, 5.74) is 7.59. The van der Waals surface area contributed by atoms with E-state index >= 15 is 0 Å². The van der Waals surface area contributed by atoms with Crippen molar-refractivity contribution in [3.05, 3.63) is 23.8 Å². The van der Waals surface area contributed by atoms with Crippen LogP contribution in [-0.2, 0) is 20.9 Å². The van der Waals surface area contributed by atoms with Crippen molar-refractivity contribution in [2.75, 3.05) is 19.7 Å². The summed E-state index contributed by atoms with van der Waals surface area (Å²) < 4.78 is 5.95. The van der Waals surface area contributed by atoms with E-state index in [0.29, 0.717) is 57.4 Å². The van der Waals surface area contributed by atoms with Crippen LogP contribution in [0.2, 0.25) is 0 Å². The zero-order chi connectivity index (χ0) is 25.5. The molecule has 9 heteroatoms. The standard InChI is InChI=1S/C27H39N5O4/c1-2-3-10-23(26(28)35)32(16-19-8-5-4-6-9-19)25(34)11-7-14-36-21-12-13-22-20(15-21)17-31-18-24(33)30-27(31)29-22/h12-13,15,19,23H,2-11,14,16-18H2,1H3,(H2,28,35)(H,29,30,33). The van der Waals surface area contributed by atoms with Crippen molar-refractivity contribution in [3.63, 3.8) is 0 Å². The average Bonchev–Trinajstić information content (AvgIpc) is 3.23. The molecule has 1 aromatic carbocycles. The average molecular weight is 498 g/mol. The number of primary amides is 1. The number of hydrogen-bond donors (Lipinski definition) is 2. The van der Waals surface area contributed by atoms with Crippen LogP contribution < -0.4 is 15.8 Å². The fraction of sp³-hybridized carbons (Fsp3) is 0.630. The van der Waals surface area contributed by atoms with E-state index in [1.807, 2.05) is 23.1 Å². The van der Waals surface area contributed by atoms with Gasteiger partial charge in [-0.3, -0.25) is 19.7 Å². The number of ether oxygens (including phenoxy) is 1. The second-order valence-electron chi connectivity index (χ2n) is 10.2. The number of nitrogens with one attached hydrogen (secondary N) is 1. The summed E-state index contributed by atoms with van der Waals surface area (Å²) in [5.74, 6) is 1.30. The first-order chi connectivity index (χ1) is 17.4. The molecule has 196 valence electrons. The van der Waals surface area contributed by atoms with Gasteiger partial charge in [-0.15, -0.1) is 0 Å². The Labute approximate surface area is 213 Å². The number of fused-ring (bicyclic) bond motifs is 2. The van der Waals surface area contributed by atoms with E-state index in [0.717, 1.165) is 42.7 Å². The predicted molar refractivity (Wildman–Crippen MR) is 138 cm³/mol. The number of rotatable bonds is 12. The lowest BCUT2D eigenvalue weighted by molar-refractivity contribution is -0.140. The summed E-state index contributed by atoms with van der Waals surface area (Å²) in [6.07, 6.45) is 9.18. The molecule has 0 aromatic heterocycles. The molecule has 2 fully saturated rings. The van der Waals surface area contributed by atoms with Crippen LogP contribution >= 0.6 is 0 Å². The van der Waals surface area contributed by atoms with E-state index in [1.165, 1.54) is 19.3 Å². The van der Waals surface area contributed by atoms with E-state index in [9.17, 15) is 14.4 Å². The Morgan fingerprint density at radius 1 is 1.22 bits per heavy atom. The van der Waals surface area contributed by atoms with Crippen LogP contribution in [0.5, 0.6) is 5.75 Å². The van der Waals surface area contributed by atoms with Crippen LogP contribution in [0.15, 0.2) is 23.2 Å². The van der Waals surface area contributed by atoms with E-state index in [-0.39, 0.29) is 11.8 Å². The maximum absolute atomic E-state index is 13.3. The first-order valence-corrected chi connectivity index (χ1v) is 13.4. The molecule has 3 amide bonds. The van der Waals surface area contributed by atoms with Gasteiger partial charge in [0, 0.05) is 25.1 Å². The molecule has 0 bridgehead atoms. The lowest BCUT2D eigenvalue weighted by Gasteiger charge is -2.34. The number of nitrogens with zero attached hydrogens (tertiary/aromatic N) is 3. The van der Waals surface area contributed by atoms with Crippen LogP contribution in [0.25, 0.3) is 0 Å². The number of amides is 3. The number of unbranched alkanes of at least 4 members (excludes halogenated alkanes) is 1. The quantitative estimate of drug-likeness (QED) is 0.430. The first-order valence-electron chi connectivity index (χ1n) is 13.4. The highest BCUT2D eigenvalue weighted by atomic mass is 16.5. The topological polar surface area (TPSA) is 117 Å². The zero-order valence-electron chi connectivity index (χ0n) is 21.3. The van der Waals surface area contributed by atoms with Gasteiger partial charge in [0.15, 0.2) is 0 Å². The van der Waals surface area contributed by atoms with Gasteiger partial charge < -0.3 is 20.3 Å². The summed E-state index contributed by atoms with van der Waals surface area (Å²) >= 11 is 0. The van der Waals surface area contributed by atoms with Gasteiger partial charge in [0.05, 0.1) is 12.3 Å². The molecule has 1 saturated carbocycles. The Morgan fingerprint density at radius 3 is 2.78 bits per heavy atom. The molecule has 1 saturated heterocycles. The molecular weight excluding hydrogens is 458 g/mol. The molecule has 0 radical (unpaired) electrons. The van der Waals surface area contributed by atoms with Gasteiger partial charge in [-0.05, 0) is 49.8 Å². The Kier molecular flexibility index (Phi) is 8.83. The molecule has 3 aliphatic rings. The minimum atomic E-state index is -0.529. The minimum Gasteiger partial charge on any atom is -0.494 e. The van der Waals surface area contributed by atoms with E-state index in [2.05, 4.69) is 17.2 Å². The van der Waals surface area contributed by atoms with Gasteiger partial charge in [-0.2, -0.15) is 0 Å². The third-order valence-electron chi connectivity index (χ3n) is 7.36.